The van der Waals surface area contributed by atoms with Crippen LogP contribution in [-0.4, -0.2) is 29.1 Å². The van der Waals surface area contributed by atoms with Crippen LogP contribution in [0.15, 0.2) is 24.3 Å². The van der Waals surface area contributed by atoms with Gasteiger partial charge in [-0.05, 0) is 48.3 Å². The maximum absolute atomic E-state index is 10.7. The number of rotatable bonds is 1. The van der Waals surface area contributed by atoms with Gasteiger partial charge in [0.15, 0.2) is 0 Å². The first-order chi connectivity index (χ1) is 9.47. The van der Waals surface area contributed by atoms with Crippen LogP contribution in [0.4, 0.5) is 0 Å². The summed E-state index contributed by atoms with van der Waals surface area (Å²) in [7, 11) is 0. The third-order valence-electron chi connectivity index (χ3n) is 5.36. The van der Waals surface area contributed by atoms with Crippen molar-refractivity contribution in [1.82, 2.24) is 4.90 Å². The van der Waals surface area contributed by atoms with Crippen molar-refractivity contribution in [2.45, 2.75) is 52.2 Å². The molecule has 1 aliphatic heterocycles. The van der Waals surface area contributed by atoms with Crippen molar-refractivity contribution in [2.75, 3.05) is 13.1 Å². The molecule has 110 valence electrons. The van der Waals surface area contributed by atoms with E-state index in [-0.39, 0.29) is 6.10 Å². The second-order valence-electron chi connectivity index (χ2n) is 7.60. The smallest absolute Gasteiger partial charge is 0.0947 e. The fraction of sp³-hybridized carbons (Fsp3) is 0.667. The Morgan fingerprint density at radius 3 is 2.60 bits per heavy atom. The Kier molecular flexibility index (Phi) is 3.64. The monoisotopic (exact) mass is 273 g/mol. The highest BCUT2D eigenvalue weighted by Gasteiger charge is 2.38. The van der Waals surface area contributed by atoms with Crippen LogP contribution < -0.4 is 0 Å². The van der Waals surface area contributed by atoms with Gasteiger partial charge in [0, 0.05) is 12.6 Å². The minimum atomic E-state index is -0.307. The molecular formula is C18H27NO. The first-order valence-electron chi connectivity index (χ1n) is 7.97. The average molecular weight is 273 g/mol. The number of nitrogens with zero attached hydrogens (tertiary/aromatic N) is 1. The summed E-state index contributed by atoms with van der Waals surface area (Å²) in [6, 6.07) is 8.71. The minimum absolute atomic E-state index is 0.307. The number of fused-ring (bicyclic) bond motifs is 1. The molecule has 0 radical (unpaired) electrons. The van der Waals surface area contributed by atoms with Gasteiger partial charge in [0.2, 0.25) is 0 Å². The Morgan fingerprint density at radius 1 is 1.15 bits per heavy atom. The van der Waals surface area contributed by atoms with Crippen molar-refractivity contribution in [3.63, 3.8) is 0 Å². The third-order valence-corrected chi connectivity index (χ3v) is 5.36. The Bertz CT molecular complexity index is 477. The Balaban J connectivity index is 1.74. The lowest BCUT2D eigenvalue weighted by molar-refractivity contribution is 0.0435. The van der Waals surface area contributed by atoms with E-state index in [0.717, 1.165) is 37.4 Å². The van der Waals surface area contributed by atoms with Gasteiger partial charge in [0.25, 0.3) is 0 Å². The Morgan fingerprint density at radius 2 is 1.90 bits per heavy atom. The molecule has 2 nitrogen and oxygen atoms in total. The first kappa shape index (κ1) is 14.1. The van der Waals surface area contributed by atoms with Crippen LogP contribution in [0.25, 0.3) is 0 Å². The summed E-state index contributed by atoms with van der Waals surface area (Å²) in [5.41, 5.74) is 2.87. The number of aryl methyl sites for hydroxylation is 1. The number of aliphatic hydroxyl groups is 1. The lowest BCUT2D eigenvalue weighted by Gasteiger charge is -2.37. The molecule has 0 aromatic heterocycles. The van der Waals surface area contributed by atoms with E-state index >= 15 is 0 Å². The predicted octanol–water partition coefficient (Wildman–Crippen LogP) is 3.40. The average Bonchev–Trinajstić information content (AvgIpc) is 2.89. The number of hydrogen-bond acceptors (Lipinski definition) is 2. The van der Waals surface area contributed by atoms with Crippen LogP contribution in [0.1, 0.15) is 50.8 Å². The quantitative estimate of drug-likeness (QED) is 0.847. The van der Waals surface area contributed by atoms with Crippen LogP contribution in [0.2, 0.25) is 0 Å². The zero-order valence-electron chi connectivity index (χ0n) is 13.0. The van der Waals surface area contributed by atoms with E-state index < -0.39 is 0 Å². The van der Waals surface area contributed by atoms with E-state index in [0.29, 0.717) is 11.5 Å². The molecular weight excluding hydrogens is 246 g/mol. The van der Waals surface area contributed by atoms with Gasteiger partial charge in [-0.1, -0.05) is 45.0 Å². The van der Waals surface area contributed by atoms with Crippen molar-refractivity contribution in [3.05, 3.63) is 35.4 Å². The maximum Gasteiger partial charge on any atom is 0.0947 e. The van der Waals surface area contributed by atoms with E-state index in [9.17, 15) is 5.11 Å². The lowest BCUT2D eigenvalue weighted by atomic mass is 9.80. The van der Waals surface area contributed by atoms with Crippen molar-refractivity contribution in [1.29, 1.82) is 0 Å². The minimum Gasteiger partial charge on any atom is -0.387 e. The molecule has 1 fully saturated rings. The molecule has 1 aromatic rings. The molecule has 1 N–H and O–H groups in total. The van der Waals surface area contributed by atoms with Crippen LogP contribution in [-0.2, 0) is 6.42 Å². The molecule has 20 heavy (non-hydrogen) atoms. The number of likely N-dealkylation sites (tertiary alicyclic amines) is 1. The fourth-order valence-electron chi connectivity index (χ4n) is 3.90. The van der Waals surface area contributed by atoms with Gasteiger partial charge < -0.3 is 5.11 Å². The maximum atomic E-state index is 10.7. The summed E-state index contributed by atoms with van der Waals surface area (Å²) in [6.45, 7) is 9.31. The molecule has 1 saturated heterocycles. The van der Waals surface area contributed by atoms with Crippen LogP contribution in [0.3, 0.4) is 0 Å². The third kappa shape index (κ3) is 2.51. The molecule has 2 heteroatoms. The van der Waals surface area contributed by atoms with Gasteiger partial charge >= 0.3 is 0 Å². The Labute approximate surface area is 122 Å². The molecule has 1 aromatic carbocycles. The predicted molar refractivity (Wildman–Crippen MR) is 82.6 cm³/mol. The molecule has 0 bridgehead atoms. The number of aliphatic hydroxyl groups excluding tert-OH is 1. The molecule has 2 aliphatic rings. The summed E-state index contributed by atoms with van der Waals surface area (Å²) in [4.78, 5) is 2.54. The molecule has 0 spiro atoms. The lowest BCUT2D eigenvalue weighted by Crippen LogP contribution is -2.41. The highest BCUT2D eigenvalue weighted by atomic mass is 16.3. The van der Waals surface area contributed by atoms with Gasteiger partial charge in [-0.15, -0.1) is 0 Å². The van der Waals surface area contributed by atoms with E-state index in [4.69, 9.17) is 0 Å². The summed E-state index contributed by atoms with van der Waals surface area (Å²) >= 11 is 0. The summed E-state index contributed by atoms with van der Waals surface area (Å²) in [5, 5.41) is 10.7. The van der Waals surface area contributed by atoms with Gasteiger partial charge in [0.1, 0.15) is 0 Å². The molecule has 0 amide bonds. The van der Waals surface area contributed by atoms with Crippen molar-refractivity contribution in [2.24, 2.45) is 11.3 Å². The largest absolute Gasteiger partial charge is 0.387 e. The molecule has 3 unspecified atom stereocenters. The van der Waals surface area contributed by atoms with Gasteiger partial charge in [-0.3, -0.25) is 4.90 Å². The van der Waals surface area contributed by atoms with Crippen LogP contribution >= 0.6 is 0 Å². The summed E-state index contributed by atoms with van der Waals surface area (Å²) in [5.74, 6) is 0.756. The second-order valence-corrected chi connectivity index (χ2v) is 7.60. The van der Waals surface area contributed by atoms with Gasteiger partial charge in [-0.2, -0.15) is 0 Å². The molecule has 0 saturated carbocycles. The van der Waals surface area contributed by atoms with Crippen LogP contribution in [0.5, 0.6) is 0 Å². The highest BCUT2D eigenvalue weighted by molar-refractivity contribution is 5.32. The normalized spacial score (nSPS) is 31.3. The van der Waals surface area contributed by atoms with Crippen molar-refractivity contribution < 1.29 is 5.11 Å². The van der Waals surface area contributed by atoms with E-state index in [1.807, 2.05) is 6.07 Å². The van der Waals surface area contributed by atoms with E-state index in [1.165, 1.54) is 12.0 Å². The van der Waals surface area contributed by atoms with Crippen molar-refractivity contribution in [3.8, 4) is 0 Å². The van der Waals surface area contributed by atoms with Crippen molar-refractivity contribution >= 4 is 0 Å². The topological polar surface area (TPSA) is 23.5 Å². The summed E-state index contributed by atoms with van der Waals surface area (Å²) < 4.78 is 0. The Hall–Kier alpha value is -0.860. The number of benzene rings is 1. The van der Waals surface area contributed by atoms with E-state index in [1.54, 1.807) is 0 Å². The molecule has 1 aliphatic carbocycles. The van der Waals surface area contributed by atoms with Gasteiger partial charge in [-0.25, -0.2) is 0 Å². The fourth-order valence-corrected chi connectivity index (χ4v) is 3.90. The van der Waals surface area contributed by atoms with Crippen LogP contribution in [0, 0.1) is 11.3 Å². The van der Waals surface area contributed by atoms with E-state index in [2.05, 4.69) is 43.9 Å². The summed E-state index contributed by atoms with van der Waals surface area (Å²) in [6.07, 6.45) is 3.16. The van der Waals surface area contributed by atoms with Gasteiger partial charge in [0.05, 0.1) is 6.10 Å². The molecule has 1 heterocycles. The number of hydrogen-bond donors (Lipinski definition) is 1. The molecule has 3 rings (SSSR count). The standard InChI is InChI=1S/C18H27NO/c1-18(2,3)14-10-11-19(12-14)16-9-8-13-6-4-5-7-15(13)17(16)20/h4-7,14,16-17,20H,8-12H2,1-3H3. The zero-order valence-corrected chi connectivity index (χ0v) is 13.0. The SMILES string of the molecule is CC(C)(C)C1CCN(C2CCc3ccccc3C2O)C1. The first-order valence-corrected chi connectivity index (χ1v) is 7.97. The highest BCUT2D eigenvalue weighted by Crippen LogP contribution is 2.39. The molecule has 3 atom stereocenters. The second kappa shape index (κ2) is 5.16. The zero-order chi connectivity index (χ0) is 14.3.